The van der Waals surface area contributed by atoms with Gasteiger partial charge < -0.3 is 16.0 Å². The molecule has 1 aliphatic heterocycles. The van der Waals surface area contributed by atoms with Crippen LogP contribution in [0.5, 0.6) is 0 Å². The quantitative estimate of drug-likeness (QED) is 0.749. The SMILES string of the molecule is CC1=C(C(=O)Nc2ccc(Cl)cc2)[C@H](c2ccc(Cl)cc2)NC(=O)N1. The summed E-state index contributed by atoms with van der Waals surface area (Å²) in [5, 5.41) is 9.40. The Morgan fingerprint density at radius 1 is 1.00 bits per heavy atom. The Labute approximate surface area is 155 Å². The first-order valence-corrected chi connectivity index (χ1v) is 8.30. The fourth-order valence-corrected chi connectivity index (χ4v) is 2.88. The molecule has 0 aliphatic carbocycles. The van der Waals surface area contributed by atoms with E-state index < -0.39 is 6.04 Å². The molecule has 0 aromatic heterocycles. The van der Waals surface area contributed by atoms with E-state index in [1.54, 1.807) is 55.5 Å². The Bertz CT molecular complexity index is 846. The summed E-state index contributed by atoms with van der Waals surface area (Å²) in [6.07, 6.45) is 0. The van der Waals surface area contributed by atoms with Crippen LogP contribution in [0.2, 0.25) is 10.0 Å². The number of urea groups is 1. The third-order valence-electron chi connectivity index (χ3n) is 3.82. The van der Waals surface area contributed by atoms with Crippen LogP contribution in [0.1, 0.15) is 18.5 Å². The molecule has 2 aromatic carbocycles. The van der Waals surface area contributed by atoms with Gasteiger partial charge in [0.15, 0.2) is 0 Å². The van der Waals surface area contributed by atoms with E-state index in [1.807, 2.05) is 0 Å². The largest absolute Gasteiger partial charge is 0.327 e. The molecule has 0 fully saturated rings. The first-order chi connectivity index (χ1) is 11.9. The van der Waals surface area contributed by atoms with Crippen LogP contribution in [0.4, 0.5) is 10.5 Å². The number of carbonyl (C=O) groups excluding carboxylic acids is 2. The van der Waals surface area contributed by atoms with E-state index in [0.717, 1.165) is 5.56 Å². The van der Waals surface area contributed by atoms with Gasteiger partial charge in [0.1, 0.15) is 0 Å². The maximum Gasteiger partial charge on any atom is 0.319 e. The second kappa shape index (κ2) is 7.17. The molecule has 128 valence electrons. The second-order valence-corrected chi connectivity index (χ2v) is 6.46. The molecule has 1 heterocycles. The van der Waals surface area contributed by atoms with Gasteiger partial charge in [-0.05, 0) is 48.9 Å². The lowest BCUT2D eigenvalue weighted by Gasteiger charge is -2.28. The van der Waals surface area contributed by atoms with E-state index in [9.17, 15) is 9.59 Å². The van der Waals surface area contributed by atoms with E-state index >= 15 is 0 Å². The number of carbonyl (C=O) groups is 2. The fraction of sp³-hybridized carbons (Fsp3) is 0.111. The number of hydrogen-bond donors (Lipinski definition) is 3. The van der Waals surface area contributed by atoms with Crippen LogP contribution in [0.15, 0.2) is 59.8 Å². The first kappa shape index (κ1) is 17.3. The summed E-state index contributed by atoms with van der Waals surface area (Å²) in [4.78, 5) is 24.7. The van der Waals surface area contributed by atoms with Gasteiger partial charge in [-0.1, -0.05) is 35.3 Å². The van der Waals surface area contributed by atoms with Crippen molar-refractivity contribution in [2.75, 3.05) is 5.32 Å². The predicted molar refractivity (Wildman–Crippen MR) is 98.6 cm³/mol. The summed E-state index contributed by atoms with van der Waals surface area (Å²) in [6, 6.07) is 12.9. The van der Waals surface area contributed by atoms with Crippen LogP contribution in [0.3, 0.4) is 0 Å². The minimum absolute atomic E-state index is 0.313. The average molecular weight is 376 g/mol. The Balaban J connectivity index is 1.92. The molecule has 0 unspecified atom stereocenters. The lowest BCUT2D eigenvalue weighted by atomic mass is 9.95. The molecule has 1 atom stereocenters. The normalized spacial score (nSPS) is 16.9. The maximum absolute atomic E-state index is 12.8. The van der Waals surface area contributed by atoms with E-state index in [1.165, 1.54) is 0 Å². The Morgan fingerprint density at radius 2 is 1.56 bits per heavy atom. The van der Waals surface area contributed by atoms with Gasteiger partial charge in [0, 0.05) is 21.4 Å². The molecule has 0 spiro atoms. The van der Waals surface area contributed by atoms with Crippen LogP contribution in [0.25, 0.3) is 0 Å². The van der Waals surface area contributed by atoms with Crippen LogP contribution < -0.4 is 16.0 Å². The highest BCUT2D eigenvalue weighted by Gasteiger charge is 2.31. The second-order valence-electron chi connectivity index (χ2n) is 5.58. The Morgan fingerprint density at radius 3 is 2.16 bits per heavy atom. The number of nitrogens with one attached hydrogen (secondary N) is 3. The third kappa shape index (κ3) is 3.95. The summed E-state index contributed by atoms with van der Waals surface area (Å²) in [5.41, 5.74) is 2.30. The van der Waals surface area contributed by atoms with Crippen molar-refractivity contribution in [3.63, 3.8) is 0 Å². The highest BCUT2D eigenvalue weighted by Crippen LogP contribution is 2.28. The minimum atomic E-state index is -0.571. The smallest absolute Gasteiger partial charge is 0.319 e. The number of amides is 3. The molecule has 3 N–H and O–H groups in total. The number of allylic oxidation sites excluding steroid dienone is 1. The lowest BCUT2D eigenvalue weighted by Crippen LogP contribution is -2.45. The highest BCUT2D eigenvalue weighted by atomic mass is 35.5. The topological polar surface area (TPSA) is 70.2 Å². The van der Waals surface area contributed by atoms with Gasteiger partial charge >= 0.3 is 6.03 Å². The number of hydrogen-bond acceptors (Lipinski definition) is 2. The van der Waals surface area contributed by atoms with Crippen LogP contribution in [-0.2, 0) is 4.79 Å². The van der Waals surface area contributed by atoms with E-state index in [-0.39, 0.29) is 11.9 Å². The molecule has 0 saturated heterocycles. The summed E-state index contributed by atoms with van der Waals surface area (Å²) in [6.45, 7) is 1.69. The lowest BCUT2D eigenvalue weighted by molar-refractivity contribution is -0.113. The zero-order chi connectivity index (χ0) is 18.0. The van der Waals surface area contributed by atoms with Crippen LogP contribution in [-0.4, -0.2) is 11.9 Å². The zero-order valence-electron chi connectivity index (χ0n) is 13.3. The summed E-state index contributed by atoms with van der Waals surface area (Å²) in [5.74, 6) is -0.313. The molecule has 3 rings (SSSR count). The summed E-state index contributed by atoms with van der Waals surface area (Å²) in [7, 11) is 0. The Hall–Kier alpha value is -2.50. The molecule has 7 heteroatoms. The van der Waals surface area contributed by atoms with Crippen molar-refractivity contribution in [1.29, 1.82) is 0 Å². The Kier molecular flexibility index (Phi) is 4.97. The van der Waals surface area contributed by atoms with Crippen molar-refractivity contribution in [2.45, 2.75) is 13.0 Å². The van der Waals surface area contributed by atoms with Gasteiger partial charge in [-0.3, -0.25) is 4.79 Å². The van der Waals surface area contributed by atoms with Gasteiger partial charge in [-0.2, -0.15) is 0 Å². The van der Waals surface area contributed by atoms with Gasteiger partial charge in [-0.25, -0.2) is 4.79 Å². The molecule has 5 nitrogen and oxygen atoms in total. The molecule has 0 radical (unpaired) electrons. The van der Waals surface area contributed by atoms with Crippen LogP contribution in [0, 0.1) is 0 Å². The molecule has 3 amide bonds. The molecule has 25 heavy (non-hydrogen) atoms. The monoisotopic (exact) mass is 375 g/mol. The molecular formula is C18H15Cl2N3O2. The third-order valence-corrected chi connectivity index (χ3v) is 4.32. The van der Waals surface area contributed by atoms with Gasteiger partial charge in [0.2, 0.25) is 0 Å². The van der Waals surface area contributed by atoms with Crippen molar-refractivity contribution in [3.8, 4) is 0 Å². The number of benzene rings is 2. The van der Waals surface area contributed by atoms with E-state index in [0.29, 0.717) is 27.0 Å². The van der Waals surface area contributed by atoms with Gasteiger partial charge in [0.05, 0.1) is 11.6 Å². The fourth-order valence-electron chi connectivity index (χ4n) is 2.63. The molecule has 0 bridgehead atoms. The summed E-state index contributed by atoms with van der Waals surface area (Å²) < 4.78 is 0. The van der Waals surface area contributed by atoms with Crippen molar-refractivity contribution in [3.05, 3.63) is 75.4 Å². The van der Waals surface area contributed by atoms with Crippen LogP contribution >= 0.6 is 23.2 Å². The molecule has 0 saturated carbocycles. The van der Waals surface area contributed by atoms with E-state index in [2.05, 4.69) is 16.0 Å². The van der Waals surface area contributed by atoms with Gasteiger partial charge in [-0.15, -0.1) is 0 Å². The predicted octanol–water partition coefficient (Wildman–Crippen LogP) is 4.26. The van der Waals surface area contributed by atoms with Crippen molar-refractivity contribution >= 4 is 40.8 Å². The number of halogens is 2. The molecule has 1 aliphatic rings. The average Bonchev–Trinajstić information content (AvgIpc) is 2.57. The van der Waals surface area contributed by atoms with Gasteiger partial charge in [0.25, 0.3) is 5.91 Å². The van der Waals surface area contributed by atoms with Crippen molar-refractivity contribution in [2.24, 2.45) is 0 Å². The summed E-state index contributed by atoms with van der Waals surface area (Å²) >= 11 is 11.8. The first-order valence-electron chi connectivity index (χ1n) is 7.54. The number of anilines is 1. The van der Waals surface area contributed by atoms with E-state index in [4.69, 9.17) is 23.2 Å². The maximum atomic E-state index is 12.8. The van der Waals surface area contributed by atoms with Crippen molar-refractivity contribution in [1.82, 2.24) is 10.6 Å². The minimum Gasteiger partial charge on any atom is -0.327 e. The highest BCUT2D eigenvalue weighted by molar-refractivity contribution is 6.30. The number of rotatable bonds is 3. The van der Waals surface area contributed by atoms with Crippen molar-refractivity contribution < 1.29 is 9.59 Å². The standard InChI is InChI=1S/C18H15Cl2N3O2/c1-10-15(17(24)22-14-8-6-13(20)7-9-14)16(23-18(25)21-10)11-2-4-12(19)5-3-11/h2-9,16H,1H3,(H,22,24)(H2,21,23,25)/t16-/m0/s1. The molecular weight excluding hydrogens is 361 g/mol. The zero-order valence-corrected chi connectivity index (χ0v) is 14.8. The molecule has 2 aromatic rings.